The monoisotopic (exact) mass is 484 g/mol. The third-order valence-corrected chi connectivity index (χ3v) is 11.0. The fourth-order valence-electron chi connectivity index (χ4n) is 9.34. The molecule has 1 spiro atoms. The van der Waals surface area contributed by atoms with Crippen molar-refractivity contribution < 1.29 is 33.3 Å². The molecular formula is C28H36O7. The zero-order chi connectivity index (χ0) is 25.2. The maximum absolute atomic E-state index is 13.3. The van der Waals surface area contributed by atoms with Crippen LogP contribution in [-0.2, 0) is 23.8 Å². The van der Waals surface area contributed by atoms with Gasteiger partial charge in [-0.3, -0.25) is 4.79 Å². The summed E-state index contributed by atoms with van der Waals surface area (Å²) in [5, 5.41) is 10.9. The molecule has 0 amide bonds. The van der Waals surface area contributed by atoms with Crippen LogP contribution in [0.25, 0.3) is 0 Å². The smallest absolute Gasteiger partial charge is 0.339 e. The van der Waals surface area contributed by atoms with Crippen molar-refractivity contribution in [1.29, 1.82) is 0 Å². The number of aliphatic hydroxyl groups is 1. The normalized spacial score (nSPS) is 51.2. The van der Waals surface area contributed by atoms with E-state index in [1.165, 1.54) is 6.92 Å². The summed E-state index contributed by atoms with van der Waals surface area (Å²) >= 11 is 0. The van der Waals surface area contributed by atoms with Crippen molar-refractivity contribution in [3.8, 4) is 0 Å². The minimum Gasteiger partial charge on any atom is -0.472 e. The molecule has 1 N–H and O–H groups in total. The summed E-state index contributed by atoms with van der Waals surface area (Å²) in [6.07, 6.45) is 7.38. The van der Waals surface area contributed by atoms with E-state index in [0.29, 0.717) is 6.42 Å². The van der Waals surface area contributed by atoms with Crippen molar-refractivity contribution in [2.45, 2.75) is 90.8 Å². The molecule has 7 heteroatoms. The molecule has 0 unspecified atom stereocenters. The van der Waals surface area contributed by atoms with E-state index in [2.05, 4.69) is 40.7 Å². The Kier molecular flexibility index (Phi) is 4.52. The lowest BCUT2D eigenvalue weighted by Gasteiger charge is -2.69. The number of epoxide rings is 1. The molecule has 0 aromatic carbocycles. The minimum absolute atomic E-state index is 0.0788. The maximum atomic E-state index is 13.3. The van der Waals surface area contributed by atoms with Crippen LogP contribution in [0.4, 0.5) is 0 Å². The van der Waals surface area contributed by atoms with Gasteiger partial charge in [0.2, 0.25) is 0 Å². The van der Waals surface area contributed by atoms with Crippen LogP contribution in [-0.4, -0.2) is 41.0 Å². The van der Waals surface area contributed by atoms with Gasteiger partial charge in [-0.1, -0.05) is 46.8 Å². The van der Waals surface area contributed by atoms with E-state index in [-0.39, 0.29) is 29.2 Å². The topological polar surface area (TPSA) is 98.5 Å². The Morgan fingerprint density at radius 3 is 2.54 bits per heavy atom. The number of hydrogen-bond donors (Lipinski definition) is 1. The zero-order valence-electron chi connectivity index (χ0n) is 21.4. The second-order valence-corrected chi connectivity index (χ2v) is 12.8. The molecule has 1 aromatic heterocycles. The average molecular weight is 485 g/mol. The molecule has 0 radical (unpaired) electrons. The van der Waals surface area contributed by atoms with Crippen LogP contribution in [0.3, 0.4) is 0 Å². The van der Waals surface area contributed by atoms with Crippen LogP contribution < -0.4 is 0 Å². The van der Waals surface area contributed by atoms with Crippen LogP contribution in [0.15, 0.2) is 35.2 Å². The van der Waals surface area contributed by atoms with E-state index in [1.54, 1.807) is 12.5 Å². The van der Waals surface area contributed by atoms with Crippen molar-refractivity contribution in [2.24, 2.45) is 33.5 Å². The fraction of sp³-hybridized carbons (Fsp3) is 0.714. The predicted octanol–water partition coefficient (Wildman–Crippen LogP) is 4.35. The van der Waals surface area contributed by atoms with E-state index in [1.807, 2.05) is 12.1 Å². The molecule has 3 aliphatic carbocycles. The molecule has 190 valence electrons. The van der Waals surface area contributed by atoms with Gasteiger partial charge >= 0.3 is 11.9 Å². The Hall–Kier alpha value is -2.12. The van der Waals surface area contributed by atoms with Crippen molar-refractivity contribution >= 4 is 11.9 Å². The lowest BCUT2D eigenvalue weighted by Crippen LogP contribution is -2.72. The van der Waals surface area contributed by atoms with Gasteiger partial charge in [0.05, 0.1) is 18.6 Å². The van der Waals surface area contributed by atoms with Gasteiger partial charge in [-0.05, 0) is 48.0 Å². The second kappa shape index (κ2) is 6.80. The van der Waals surface area contributed by atoms with Crippen LogP contribution >= 0.6 is 0 Å². The fourth-order valence-corrected chi connectivity index (χ4v) is 9.34. The summed E-state index contributed by atoms with van der Waals surface area (Å²) in [5.41, 5.74) is -1.81. The predicted molar refractivity (Wildman–Crippen MR) is 125 cm³/mol. The molecule has 35 heavy (non-hydrogen) atoms. The molecule has 2 saturated heterocycles. The second-order valence-electron chi connectivity index (χ2n) is 12.8. The first kappa shape index (κ1) is 23.3. The Bertz CT molecular complexity index is 1110. The molecule has 5 aliphatic rings. The quantitative estimate of drug-likeness (QED) is 0.378. The Morgan fingerprint density at radius 1 is 1.14 bits per heavy atom. The van der Waals surface area contributed by atoms with Gasteiger partial charge in [0.1, 0.15) is 17.8 Å². The van der Waals surface area contributed by atoms with Crippen LogP contribution in [0.5, 0.6) is 0 Å². The summed E-state index contributed by atoms with van der Waals surface area (Å²) in [4.78, 5) is 25.7. The van der Waals surface area contributed by atoms with Crippen molar-refractivity contribution in [3.63, 3.8) is 0 Å². The summed E-state index contributed by atoms with van der Waals surface area (Å²) in [5.74, 6) is -0.529. The van der Waals surface area contributed by atoms with Crippen LogP contribution in [0.1, 0.15) is 72.5 Å². The molecule has 6 rings (SSSR count). The third kappa shape index (κ3) is 2.54. The highest BCUT2D eigenvalue weighted by atomic mass is 16.7. The van der Waals surface area contributed by atoms with Crippen LogP contribution in [0.2, 0.25) is 0 Å². The largest absolute Gasteiger partial charge is 0.472 e. The number of rotatable bonds is 2. The number of allylic oxidation sites excluding steroid dienone is 1. The highest BCUT2D eigenvalue weighted by molar-refractivity contribution is 5.82. The molecule has 1 aromatic rings. The van der Waals surface area contributed by atoms with E-state index >= 15 is 0 Å². The molecule has 2 saturated carbocycles. The lowest BCUT2D eigenvalue weighted by molar-refractivity contribution is -0.257. The Balaban J connectivity index is 1.55. The summed E-state index contributed by atoms with van der Waals surface area (Å²) in [6, 6.07) is 1.85. The molecule has 4 fully saturated rings. The number of furan rings is 1. The molecule has 10 atom stereocenters. The molecule has 7 nitrogen and oxygen atoms in total. The lowest BCUT2D eigenvalue weighted by atomic mass is 9.35. The average Bonchev–Trinajstić information content (AvgIpc) is 3.35. The van der Waals surface area contributed by atoms with E-state index in [9.17, 15) is 14.7 Å². The van der Waals surface area contributed by atoms with Gasteiger partial charge in [-0.25, -0.2) is 4.79 Å². The molecule has 3 heterocycles. The zero-order valence-corrected chi connectivity index (χ0v) is 21.4. The van der Waals surface area contributed by atoms with Crippen molar-refractivity contribution in [1.82, 2.24) is 0 Å². The Labute approximate surface area is 206 Å². The Morgan fingerprint density at radius 2 is 1.89 bits per heavy atom. The molecular weight excluding hydrogens is 448 g/mol. The number of carbonyl (C=O) groups is 2. The number of ether oxygens (including phenoxy) is 3. The maximum Gasteiger partial charge on any atom is 0.339 e. The first-order chi connectivity index (χ1) is 16.3. The van der Waals surface area contributed by atoms with Gasteiger partial charge in [-0.15, -0.1) is 0 Å². The van der Waals surface area contributed by atoms with Gasteiger partial charge in [0.25, 0.3) is 0 Å². The minimum atomic E-state index is -0.831. The molecule has 0 bridgehead atoms. The van der Waals surface area contributed by atoms with E-state index < -0.39 is 46.3 Å². The number of hydrogen-bond acceptors (Lipinski definition) is 7. The highest BCUT2D eigenvalue weighted by Crippen LogP contribution is 2.79. The molecule has 2 aliphatic heterocycles. The third-order valence-electron chi connectivity index (χ3n) is 11.0. The van der Waals surface area contributed by atoms with Gasteiger partial charge in [-0.2, -0.15) is 0 Å². The van der Waals surface area contributed by atoms with E-state index in [0.717, 1.165) is 18.4 Å². The van der Waals surface area contributed by atoms with Crippen LogP contribution in [0, 0.1) is 33.5 Å². The highest BCUT2D eigenvalue weighted by Gasteiger charge is 2.88. The summed E-state index contributed by atoms with van der Waals surface area (Å²) in [6.45, 7) is 12.3. The van der Waals surface area contributed by atoms with Gasteiger partial charge in [0, 0.05) is 23.3 Å². The first-order valence-electron chi connectivity index (χ1n) is 12.8. The number of fused-ring (bicyclic) bond motifs is 3. The number of esters is 2. The first-order valence-corrected chi connectivity index (χ1v) is 12.8. The number of carbonyl (C=O) groups excluding carboxylic acids is 2. The SMILES string of the molecule is CC(=O)O[C@H]1C[C@H]2C(C)(C)[C@H](O)C=C[C@]2(C)[C@@H]2CC[C@@]3(C)[C@H](c4ccoc4)OC(=O)[C@@H]4O[C@@]43[C@]12C. The van der Waals surface area contributed by atoms with Gasteiger partial charge < -0.3 is 23.7 Å². The summed E-state index contributed by atoms with van der Waals surface area (Å²) in [7, 11) is 0. The van der Waals surface area contributed by atoms with Crippen molar-refractivity contribution in [2.75, 3.05) is 0 Å². The van der Waals surface area contributed by atoms with Gasteiger partial charge in [0.15, 0.2) is 6.10 Å². The number of cyclic esters (lactones) is 1. The summed E-state index contributed by atoms with van der Waals surface area (Å²) < 4.78 is 24.0. The van der Waals surface area contributed by atoms with Crippen molar-refractivity contribution in [3.05, 3.63) is 36.3 Å². The number of aliphatic hydroxyl groups excluding tert-OH is 1. The standard InChI is InChI=1S/C28H36O7/c1-15(29)33-20-13-18-24(2,3)19(30)8-10-25(18,4)17-7-11-26(5)21(16-9-12-32-14-16)34-23(31)22-28(26,35-22)27(17,20)6/h8-10,12,14,17-22,30H,7,11,13H2,1-6H3/t17-,18-,19+,20-,21-,22-,25+,26-,27-,28-/m0/s1. The van der Waals surface area contributed by atoms with E-state index in [4.69, 9.17) is 18.6 Å².